The van der Waals surface area contributed by atoms with E-state index in [4.69, 9.17) is 9.31 Å². The fourth-order valence-electron chi connectivity index (χ4n) is 2.51. The number of rotatable bonds is 3. The molecule has 0 bridgehead atoms. The molecule has 1 aromatic rings. The van der Waals surface area contributed by atoms with E-state index in [9.17, 15) is 9.18 Å². The van der Waals surface area contributed by atoms with Gasteiger partial charge in [0.05, 0.1) is 16.6 Å². The van der Waals surface area contributed by atoms with Crippen molar-refractivity contribution in [3.63, 3.8) is 0 Å². The summed E-state index contributed by atoms with van der Waals surface area (Å²) < 4.78 is 25.4. The number of nitrogens with one attached hydrogen (secondary N) is 1. The van der Waals surface area contributed by atoms with Crippen LogP contribution in [-0.4, -0.2) is 24.2 Å². The first kappa shape index (κ1) is 17.0. The van der Waals surface area contributed by atoms with E-state index in [1.54, 1.807) is 12.1 Å². The van der Waals surface area contributed by atoms with Gasteiger partial charge in [-0.1, -0.05) is 12.1 Å². The zero-order valence-corrected chi connectivity index (χ0v) is 14.0. The Morgan fingerprint density at radius 1 is 1.14 bits per heavy atom. The quantitative estimate of drug-likeness (QED) is 0.874. The highest BCUT2D eigenvalue weighted by Gasteiger charge is 2.59. The topological polar surface area (TPSA) is 47.6 Å². The summed E-state index contributed by atoms with van der Waals surface area (Å²) in [6.07, 6.45) is 0. The maximum atomic E-state index is 13.2. The molecule has 1 atom stereocenters. The molecule has 1 heterocycles. The lowest BCUT2D eigenvalue weighted by molar-refractivity contribution is -0.120. The third-order valence-corrected chi connectivity index (χ3v) is 4.60. The molecule has 0 aromatic heterocycles. The normalized spacial score (nSPS) is 22.2. The first-order valence-electron chi connectivity index (χ1n) is 7.38. The minimum absolute atomic E-state index is 0.207. The molecule has 6 heteroatoms. The fraction of sp³-hybridized carbons (Fsp3) is 0.562. The third kappa shape index (κ3) is 2.90. The monoisotopic (exact) mass is 307 g/mol. The molecule has 1 saturated heterocycles. The Morgan fingerprint density at radius 2 is 1.59 bits per heavy atom. The van der Waals surface area contributed by atoms with Crippen LogP contribution in [0.2, 0.25) is 0 Å². The van der Waals surface area contributed by atoms with Crippen LogP contribution in [0.15, 0.2) is 24.3 Å². The van der Waals surface area contributed by atoms with Crippen LogP contribution in [0.25, 0.3) is 0 Å². The van der Waals surface area contributed by atoms with Crippen LogP contribution >= 0.6 is 0 Å². The Labute approximate surface area is 131 Å². The van der Waals surface area contributed by atoms with Gasteiger partial charge in [-0.15, -0.1) is 0 Å². The molecule has 1 unspecified atom stereocenters. The van der Waals surface area contributed by atoms with Crippen LogP contribution in [0.3, 0.4) is 0 Å². The Balaban J connectivity index is 2.43. The average Bonchev–Trinajstić information content (AvgIpc) is 2.58. The predicted octanol–water partition coefficient (Wildman–Crippen LogP) is 2.81. The first-order chi connectivity index (χ1) is 9.98. The summed E-state index contributed by atoms with van der Waals surface area (Å²) in [5, 5.41) is 2.90. The number of benzene rings is 1. The van der Waals surface area contributed by atoms with Gasteiger partial charge < -0.3 is 14.6 Å². The van der Waals surface area contributed by atoms with Gasteiger partial charge in [0.2, 0.25) is 5.91 Å². The van der Waals surface area contributed by atoms with Crippen molar-refractivity contribution in [2.75, 3.05) is 0 Å². The summed E-state index contributed by atoms with van der Waals surface area (Å²) in [5.74, 6) is -0.538. The van der Waals surface area contributed by atoms with E-state index in [0.717, 1.165) is 5.56 Å². The molecule has 0 spiro atoms. The number of hydrogen-bond acceptors (Lipinski definition) is 3. The summed E-state index contributed by atoms with van der Waals surface area (Å²) in [7, 11) is -0.674. The zero-order valence-electron chi connectivity index (χ0n) is 14.0. The summed E-state index contributed by atoms with van der Waals surface area (Å²) >= 11 is 0. The van der Waals surface area contributed by atoms with Gasteiger partial charge in [-0.25, -0.2) is 4.39 Å². The molecule has 1 aromatic carbocycles. The Kier molecular flexibility index (Phi) is 4.13. The van der Waals surface area contributed by atoms with Crippen molar-refractivity contribution in [2.45, 2.75) is 58.2 Å². The summed E-state index contributed by atoms with van der Waals surface area (Å²) in [4.78, 5) is 11.7. The predicted molar refractivity (Wildman–Crippen MR) is 83.7 cm³/mol. The first-order valence-corrected chi connectivity index (χ1v) is 7.38. The highest BCUT2D eigenvalue weighted by Crippen LogP contribution is 2.42. The second-order valence-electron chi connectivity index (χ2n) is 6.98. The zero-order chi connectivity index (χ0) is 16.8. The lowest BCUT2D eigenvalue weighted by atomic mass is 9.61. The standard InChI is InChI=1S/C16H23BFNO3/c1-11(20)19-16(6,12-7-9-13(18)10-8-12)17-21-14(2,3)15(4,5)22-17/h7-10H,1-6H3,(H,19,20). The van der Waals surface area contributed by atoms with Gasteiger partial charge in [0, 0.05) is 6.92 Å². The Hall–Kier alpha value is -1.40. The number of halogens is 1. The van der Waals surface area contributed by atoms with Gasteiger partial charge in [0.1, 0.15) is 5.82 Å². The summed E-state index contributed by atoms with van der Waals surface area (Å²) in [6.45, 7) is 11.1. The van der Waals surface area contributed by atoms with Crippen LogP contribution < -0.4 is 5.32 Å². The second-order valence-corrected chi connectivity index (χ2v) is 6.98. The minimum atomic E-state index is -0.912. The van der Waals surface area contributed by atoms with Crippen LogP contribution in [0, 0.1) is 5.82 Å². The number of hydrogen-bond donors (Lipinski definition) is 1. The van der Waals surface area contributed by atoms with Gasteiger partial charge in [-0.05, 0) is 52.3 Å². The maximum absolute atomic E-state index is 13.2. The molecule has 2 rings (SSSR count). The molecule has 1 fully saturated rings. The van der Waals surface area contributed by atoms with Crippen molar-refractivity contribution in [3.05, 3.63) is 35.6 Å². The highest BCUT2D eigenvalue weighted by atomic mass is 19.1. The van der Waals surface area contributed by atoms with Gasteiger partial charge in [-0.2, -0.15) is 0 Å². The van der Waals surface area contributed by atoms with Crippen molar-refractivity contribution in [3.8, 4) is 0 Å². The Morgan fingerprint density at radius 3 is 2.00 bits per heavy atom. The summed E-state index contributed by atoms with van der Waals surface area (Å²) in [6, 6.07) is 5.99. The van der Waals surface area contributed by atoms with Crippen molar-refractivity contribution in [1.82, 2.24) is 5.32 Å². The van der Waals surface area contributed by atoms with Crippen molar-refractivity contribution >= 4 is 13.0 Å². The molecule has 1 N–H and O–H groups in total. The van der Waals surface area contributed by atoms with Gasteiger partial charge in [-0.3, -0.25) is 4.79 Å². The molecule has 0 aliphatic carbocycles. The molecule has 120 valence electrons. The molecular weight excluding hydrogens is 284 g/mol. The van der Waals surface area contributed by atoms with Gasteiger partial charge in [0.15, 0.2) is 0 Å². The lowest BCUT2D eigenvalue weighted by Crippen LogP contribution is -2.55. The third-order valence-electron chi connectivity index (χ3n) is 4.60. The summed E-state index contributed by atoms with van der Waals surface area (Å²) in [5.41, 5.74) is -1.22. The molecular formula is C16H23BFNO3. The molecule has 0 radical (unpaired) electrons. The molecule has 1 amide bonds. The number of carbonyl (C=O) groups is 1. The van der Waals surface area contributed by atoms with E-state index in [2.05, 4.69) is 5.32 Å². The molecule has 1 aliphatic rings. The lowest BCUT2D eigenvalue weighted by Gasteiger charge is -2.32. The van der Waals surface area contributed by atoms with E-state index in [-0.39, 0.29) is 11.7 Å². The average molecular weight is 307 g/mol. The van der Waals surface area contributed by atoms with Crippen molar-refractivity contribution < 1.29 is 18.5 Å². The molecule has 22 heavy (non-hydrogen) atoms. The fourth-order valence-corrected chi connectivity index (χ4v) is 2.51. The SMILES string of the molecule is CC(=O)NC(C)(B1OC(C)(C)C(C)(C)O1)c1ccc(F)cc1. The van der Waals surface area contributed by atoms with Crippen molar-refractivity contribution in [1.29, 1.82) is 0 Å². The van der Waals surface area contributed by atoms with Crippen LogP contribution in [0.4, 0.5) is 4.39 Å². The highest BCUT2D eigenvalue weighted by molar-refractivity contribution is 6.50. The van der Waals surface area contributed by atoms with E-state index in [1.165, 1.54) is 19.1 Å². The number of carbonyl (C=O) groups excluding carboxylic acids is 1. The van der Waals surface area contributed by atoms with Crippen LogP contribution in [0.1, 0.15) is 47.1 Å². The largest absolute Gasteiger partial charge is 0.489 e. The van der Waals surface area contributed by atoms with Crippen LogP contribution in [-0.2, 0) is 19.5 Å². The molecule has 1 aliphatic heterocycles. The van der Waals surface area contributed by atoms with Crippen molar-refractivity contribution in [2.24, 2.45) is 0 Å². The minimum Gasteiger partial charge on any atom is -0.401 e. The van der Waals surface area contributed by atoms with Gasteiger partial charge in [0.25, 0.3) is 0 Å². The smallest absolute Gasteiger partial charge is 0.401 e. The van der Waals surface area contributed by atoms with E-state index in [0.29, 0.717) is 0 Å². The van der Waals surface area contributed by atoms with Crippen LogP contribution in [0.5, 0.6) is 0 Å². The second kappa shape index (κ2) is 5.35. The van der Waals surface area contributed by atoms with E-state index >= 15 is 0 Å². The molecule has 4 nitrogen and oxygen atoms in total. The van der Waals surface area contributed by atoms with E-state index < -0.39 is 23.8 Å². The van der Waals surface area contributed by atoms with Gasteiger partial charge >= 0.3 is 7.12 Å². The Bertz CT molecular complexity index is 557. The van der Waals surface area contributed by atoms with E-state index in [1.807, 2.05) is 34.6 Å². The molecule has 0 saturated carbocycles. The number of amides is 1. The maximum Gasteiger partial charge on any atom is 0.489 e.